The Morgan fingerprint density at radius 2 is 1.76 bits per heavy atom. The molecule has 0 spiro atoms. The molecule has 1 aromatic heterocycles. The lowest BCUT2D eigenvalue weighted by atomic mass is 9.97. The van der Waals surface area contributed by atoms with Crippen molar-refractivity contribution in [3.8, 4) is 28.0 Å². The Labute approximate surface area is 199 Å². The summed E-state index contributed by atoms with van der Waals surface area (Å²) in [6, 6.07) is 14.8. The number of hydrazine groups is 1. The molecule has 0 unspecified atom stereocenters. The number of nitrogens with one attached hydrogen (secondary N) is 2. The van der Waals surface area contributed by atoms with Crippen molar-refractivity contribution in [1.82, 2.24) is 15.3 Å². The summed E-state index contributed by atoms with van der Waals surface area (Å²) < 4.78 is 0. The van der Waals surface area contributed by atoms with Crippen LogP contribution in [0.25, 0.3) is 22.3 Å². The summed E-state index contributed by atoms with van der Waals surface area (Å²) in [5.41, 5.74) is 3.59. The van der Waals surface area contributed by atoms with Crippen molar-refractivity contribution in [3.63, 3.8) is 0 Å². The zero-order chi connectivity index (χ0) is 23.8. The number of para-hydroxylation sites is 1. The molecule has 2 heterocycles. The minimum atomic E-state index is 0.178. The second kappa shape index (κ2) is 11.6. The van der Waals surface area contributed by atoms with Crippen molar-refractivity contribution in [3.05, 3.63) is 59.8 Å². The zero-order valence-corrected chi connectivity index (χ0v) is 19.5. The number of nitrogens with two attached hydrogens (primary N) is 1. The smallest absolute Gasteiger partial charge is 0.211 e. The van der Waals surface area contributed by atoms with Crippen LogP contribution >= 0.6 is 11.6 Å². The fourth-order valence-corrected chi connectivity index (χ4v) is 3.76. The minimum Gasteiger partial charge on any atom is -0.507 e. The van der Waals surface area contributed by atoms with E-state index < -0.39 is 0 Å². The predicted molar refractivity (Wildman–Crippen MR) is 134 cm³/mol. The molecule has 9 heteroatoms. The van der Waals surface area contributed by atoms with Gasteiger partial charge in [-0.15, -0.1) is 0 Å². The Balaban J connectivity index is 0.000000709. The van der Waals surface area contributed by atoms with E-state index in [1.807, 2.05) is 36.4 Å². The van der Waals surface area contributed by atoms with E-state index in [1.54, 1.807) is 32.4 Å². The summed E-state index contributed by atoms with van der Waals surface area (Å²) in [6.07, 6.45) is 2.36. The summed E-state index contributed by atoms with van der Waals surface area (Å²) in [4.78, 5) is 17.4. The molecular weight excluding hydrogens is 440 g/mol. The first-order chi connectivity index (χ1) is 15.9. The Morgan fingerprint density at radius 1 is 1.12 bits per heavy atom. The fraction of sp³-hybridized carbons (Fsp3) is 0.250. The van der Waals surface area contributed by atoms with Gasteiger partial charge in [-0.05, 0) is 35.4 Å². The molecule has 174 valence electrons. The summed E-state index contributed by atoms with van der Waals surface area (Å²) in [5.74, 6) is 6.03. The highest BCUT2D eigenvalue weighted by molar-refractivity contribution is 6.33. The molecule has 0 saturated carbocycles. The number of carbonyl (C=O) groups is 1. The van der Waals surface area contributed by atoms with Crippen LogP contribution in [-0.4, -0.2) is 61.8 Å². The van der Waals surface area contributed by atoms with Crippen molar-refractivity contribution in [2.45, 2.75) is 0 Å². The first-order valence-corrected chi connectivity index (χ1v) is 10.9. The summed E-state index contributed by atoms with van der Waals surface area (Å²) in [6.45, 7) is 3.68. The van der Waals surface area contributed by atoms with Crippen molar-refractivity contribution >= 4 is 29.5 Å². The quantitative estimate of drug-likeness (QED) is 0.259. The van der Waals surface area contributed by atoms with E-state index in [0.717, 1.165) is 48.7 Å². The van der Waals surface area contributed by atoms with Gasteiger partial charge in [-0.2, -0.15) is 0 Å². The first kappa shape index (κ1) is 24.5. The van der Waals surface area contributed by atoms with Crippen LogP contribution in [0.3, 0.4) is 0 Å². The van der Waals surface area contributed by atoms with Crippen molar-refractivity contribution in [1.29, 1.82) is 0 Å². The van der Waals surface area contributed by atoms with Crippen LogP contribution in [-0.2, 0) is 4.79 Å². The molecule has 1 fully saturated rings. The SMILES string of the molecule is CN(C)N.O=CNc1ccc(-c2cccc(-c3ccnc(N4CCNCC4)c3)c2O)cc1Cl. The van der Waals surface area contributed by atoms with Gasteiger partial charge in [0.25, 0.3) is 0 Å². The van der Waals surface area contributed by atoms with Gasteiger partial charge in [-0.3, -0.25) is 15.6 Å². The Hall–Kier alpha value is -3.17. The largest absolute Gasteiger partial charge is 0.507 e. The standard InChI is InChI=1S/C22H21ClN4O2.C2H8N2/c23-19-12-15(4-5-20(19)26-14-28)17-2-1-3-18(22(17)29)16-6-7-25-21(13-16)27-10-8-24-9-11-27;1-4(2)3/h1-7,12-14,24,29H,8-11H2,(H,26,28);3H2,1-2H3. The number of halogens is 1. The predicted octanol–water partition coefficient (Wildman–Crippen LogP) is 3.17. The maximum absolute atomic E-state index is 11.0. The van der Waals surface area contributed by atoms with Gasteiger partial charge in [-0.1, -0.05) is 35.9 Å². The highest BCUT2D eigenvalue weighted by Crippen LogP contribution is 2.40. The number of aromatic hydroxyl groups is 1. The number of phenolic OH excluding ortho intramolecular Hbond substituents is 1. The van der Waals surface area contributed by atoms with Gasteiger partial charge in [0, 0.05) is 57.6 Å². The summed E-state index contributed by atoms with van der Waals surface area (Å²) in [7, 11) is 3.56. The average Bonchev–Trinajstić information content (AvgIpc) is 2.81. The van der Waals surface area contributed by atoms with E-state index in [4.69, 9.17) is 17.4 Å². The van der Waals surface area contributed by atoms with Crippen LogP contribution in [0.5, 0.6) is 5.75 Å². The Kier molecular flexibility index (Phi) is 8.62. The second-order valence-corrected chi connectivity index (χ2v) is 8.17. The maximum Gasteiger partial charge on any atom is 0.211 e. The van der Waals surface area contributed by atoms with Crippen LogP contribution in [0.2, 0.25) is 5.02 Å². The first-order valence-electron chi connectivity index (χ1n) is 10.6. The molecule has 4 rings (SSSR count). The molecule has 3 aromatic rings. The molecule has 1 saturated heterocycles. The van der Waals surface area contributed by atoms with E-state index >= 15 is 0 Å². The number of aromatic nitrogens is 1. The Morgan fingerprint density at radius 3 is 2.36 bits per heavy atom. The number of hydrogen-bond donors (Lipinski definition) is 4. The highest BCUT2D eigenvalue weighted by Gasteiger charge is 2.15. The molecule has 0 bridgehead atoms. The number of carbonyl (C=O) groups excluding carboxylic acids is 1. The number of piperazine rings is 1. The molecular formula is C24H29ClN6O2. The topological polar surface area (TPSA) is 107 Å². The van der Waals surface area contributed by atoms with E-state index in [0.29, 0.717) is 22.7 Å². The monoisotopic (exact) mass is 468 g/mol. The molecule has 0 atom stereocenters. The van der Waals surface area contributed by atoms with E-state index in [-0.39, 0.29) is 5.75 Å². The van der Waals surface area contributed by atoms with Crippen LogP contribution < -0.4 is 21.4 Å². The number of anilines is 2. The van der Waals surface area contributed by atoms with Crippen molar-refractivity contribution < 1.29 is 9.90 Å². The molecule has 2 aromatic carbocycles. The lowest BCUT2D eigenvalue weighted by Crippen LogP contribution is -2.43. The Bertz CT molecular complexity index is 1080. The molecule has 1 amide bonds. The number of pyridine rings is 1. The number of hydrogen-bond acceptors (Lipinski definition) is 7. The average molecular weight is 469 g/mol. The maximum atomic E-state index is 11.0. The molecule has 8 nitrogen and oxygen atoms in total. The molecule has 1 aliphatic rings. The number of benzene rings is 2. The van der Waals surface area contributed by atoms with E-state index in [2.05, 4.69) is 20.5 Å². The molecule has 33 heavy (non-hydrogen) atoms. The minimum absolute atomic E-state index is 0.178. The van der Waals surface area contributed by atoms with Gasteiger partial charge in [0.15, 0.2) is 0 Å². The lowest BCUT2D eigenvalue weighted by Gasteiger charge is -2.28. The van der Waals surface area contributed by atoms with Crippen molar-refractivity contribution in [2.24, 2.45) is 5.84 Å². The third kappa shape index (κ3) is 6.43. The third-order valence-corrected chi connectivity index (χ3v) is 5.34. The van der Waals surface area contributed by atoms with Gasteiger partial charge in [-0.25, -0.2) is 4.98 Å². The van der Waals surface area contributed by atoms with Crippen molar-refractivity contribution in [2.75, 3.05) is 50.5 Å². The molecule has 0 aliphatic carbocycles. The van der Waals surface area contributed by atoms with Crippen LogP contribution in [0.15, 0.2) is 54.7 Å². The molecule has 1 aliphatic heterocycles. The second-order valence-electron chi connectivity index (χ2n) is 7.76. The number of phenols is 1. The lowest BCUT2D eigenvalue weighted by molar-refractivity contribution is -0.105. The van der Waals surface area contributed by atoms with Gasteiger partial charge in [0.1, 0.15) is 11.6 Å². The van der Waals surface area contributed by atoms with Crippen LogP contribution in [0.4, 0.5) is 11.5 Å². The van der Waals surface area contributed by atoms with Crippen LogP contribution in [0, 0.1) is 0 Å². The van der Waals surface area contributed by atoms with Gasteiger partial charge in [0.05, 0.1) is 10.7 Å². The van der Waals surface area contributed by atoms with E-state index in [9.17, 15) is 9.90 Å². The van der Waals surface area contributed by atoms with Gasteiger partial charge >= 0.3 is 0 Å². The molecule has 0 radical (unpaired) electrons. The number of amides is 1. The summed E-state index contributed by atoms with van der Waals surface area (Å²) >= 11 is 6.25. The fourth-order valence-electron chi connectivity index (χ4n) is 3.53. The number of rotatable bonds is 5. The molecule has 5 N–H and O–H groups in total. The normalized spacial score (nSPS) is 13.3. The highest BCUT2D eigenvalue weighted by atomic mass is 35.5. The third-order valence-electron chi connectivity index (χ3n) is 5.03. The van der Waals surface area contributed by atoms with Crippen LogP contribution in [0.1, 0.15) is 0 Å². The zero-order valence-electron chi connectivity index (χ0n) is 18.8. The van der Waals surface area contributed by atoms with E-state index in [1.165, 1.54) is 5.01 Å². The van der Waals surface area contributed by atoms with Gasteiger partial charge in [0.2, 0.25) is 6.41 Å². The number of nitrogens with zero attached hydrogens (tertiary/aromatic N) is 3. The summed E-state index contributed by atoms with van der Waals surface area (Å²) in [5, 5.41) is 18.8. The van der Waals surface area contributed by atoms with Gasteiger partial charge < -0.3 is 20.6 Å².